The van der Waals surface area contributed by atoms with Crippen LogP contribution in [0.15, 0.2) is 24.3 Å². The van der Waals surface area contributed by atoms with Crippen LogP contribution < -0.4 is 0 Å². The molecule has 0 aromatic heterocycles. The van der Waals surface area contributed by atoms with Gasteiger partial charge in [-0.25, -0.2) is 0 Å². The molecule has 0 N–H and O–H groups in total. The van der Waals surface area contributed by atoms with E-state index < -0.39 is 0 Å². The lowest BCUT2D eigenvalue weighted by Crippen LogP contribution is -2.25. The van der Waals surface area contributed by atoms with Crippen LogP contribution in [0, 0.1) is 29.1 Å². The zero-order valence-corrected chi connectivity index (χ0v) is 13.9. The maximum Gasteiger partial charge on any atom is 0.0994 e. The minimum Gasteiger partial charge on any atom is -0.192 e. The molecule has 1 heteroatoms. The van der Waals surface area contributed by atoms with E-state index in [4.69, 9.17) is 0 Å². The smallest absolute Gasteiger partial charge is 0.0994 e. The monoisotopic (exact) mass is 295 g/mol. The molecule has 0 unspecified atom stereocenters. The molecule has 0 heterocycles. The molecule has 22 heavy (non-hydrogen) atoms. The average molecular weight is 295 g/mol. The summed E-state index contributed by atoms with van der Waals surface area (Å²) in [6, 6.07) is 10.6. The Labute approximate surface area is 135 Å². The Morgan fingerprint density at radius 3 is 2.09 bits per heavy atom. The standard InChI is InChI=1S/C21H29N/c1-2-16-7-9-17(10-8-16)18-11-13-19(14-12-18)21-6-4-3-5-20(21)15-22/h3-6,16-19H,2,7-14H2,1H3. The van der Waals surface area contributed by atoms with Gasteiger partial charge in [-0.2, -0.15) is 5.26 Å². The summed E-state index contributed by atoms with van der Waals surface area (Å²) in [6.45, 7) is 2.35. The zero-order valence-electron chi connectivity index (χ0n) is 13.9. The van der Waals surface area contributed by atoms with E-state index in [1.807, 2.05) is 12.1 Å². The molecule has 0 saturated heterocycles. The average Bonchev–Trinajstić information content (AvgIpc) is 2.62. The summed E-state index contributed by atoms with van der Waals surface area (Å²) in [4.78, 5) is 0. The Kier molecular flexibility index (Phi) is 5.19. The summed E-state index contributed by atoms with van der Waals surface area (Å²) in [6.07, 6.45) is 12.6. The van der Waals surface area contributed by atoms with Gasteiger partial charge in [0.15, 0.2) is 0 Å². The van der Waals surface area contributed by atoms with Gasteiger partial charge in [0.1, 0.15) is 0 Å². The Morgan fingerprint density at radius 1 is 0.909 bits per heavy atom. The molecular weight excluding hydrogens is 266 g/mol. The third-order valence-corrected chi connectivity index (χ3v) is 6.43. The minimum atomic E-state index is 0.624. The summed E-state index contributed by atoms with van der Waals surface area (Å²) in [7, 11) is 0. The summed E-state index contributed by atoms with van der Waals surface area (Å²) in [5, 5.41) is 9.30. The fraction of sp³-hybridized carbons (Fsp3) is 0.667. The van der Waals surface area contributed by atoms with Gasteiger partial charge in [0.2, 0.25) is 0 Å². The largest absolute Gasteiger partial charge is 0.192 e. The van der Waals surface area contributed by atoms with Crippen LogP contribution in [0.25, 0.3) is 0 Å². The molecule has 118 valence electrons. The number of rotatable bonds is 3. The third kappa shape index (κ3) is 3.37. The Morgan fingerprint density at radius 2 is 1.50 bits per heavy atom. The van der Waals surface area contributed by atoms with Crippen molar-refractivity contribution in [2.45, 2.75) is 70.6 Å². The van der Waals surface area contributed by atoms with Crippen LogP contribution in [-0.4, -0.2) is 0 Å². The van der Waals surface area contributed by atoms with E-state index in [2.05, 4.69) is 25.1 Å². The normalized spacial score (nSPS) is 32.4. The van der Waals surface area contributed by atoms with Gasteiger partial charge in [0.25, 0.3) is 0 Å². The van der Waals surface area contributed by atoms with Crippen molar-refractivity contribution in [1.29, 1.82) is 5.26 Å². The van der Waals surface area contributed by atoms with E-state index >= 15 is 0 Å². The van der Waals surface area contributed by atoms with Crippen LogP contribution >= 0.6 is 0 Å². The van der Waals surface area contributed by atoms with E-state index in [1.54, 1.807) is 0 Å². The lowest BCUT2D eigenvalue weighted by atomic mass is 9.68. The van der Waals surface area contributed by atoms with Gasteiger partial charge >= 0.3 is 0 Å². The molecule has 0 atom stereocenters. The first-order chi connectivity index (χ1) is 10.8. The molecule has 0 aliphatic heterocycles. The first kappa shape index (κ1) is 15.6. The number of hydrogen-bond donors (Lipinski definition) is 0. The van der Waals surface area contributed by atoms with Crippen LogP contribution in [0.4, 0.5) is 0 Å². The molecule has 1 nitrogen and oxygen atoms in total. The first-order valence-electron chi connectivity index (χ1n) is 9.30. The Balaban J connectivity index is 1.56. The molecule has 1 aromatic carbocycles. The lowest BCUT2D eigenvalue weighted by Gasteiger charge is -2.38. The van der Waals surface area contributed by atoms with E-state index in [0.717, 1.165) is 23.3 Å². The topological polar surface area (TPSA) is 23.8 Å². The van der Waals surface area contributed by atoms with Crippen LogP contribution in [0.5, 0.6) is 0 Å². The fourth-order valence-electron chi connectivity index (χ4n) is 4.92. The molecule has 0 radical (unpaired) electrons. The van der Waals surface area contributed by atoms with Gasteiger partial charge in [-0.05, 0) is 73.8 Å². The van der Waals surface area contributed by atoms with E-state index in [-0.39, 0.29) is 0 Å². The summed E-state index contributed by atoms with van der Waals surface area (Å²) in [5.74, 6) is 3.59. The first-order valence-corrected chi connectivity index (χ1v) is 9.30. The van der Waals surface area contributed by atoms with Crippen LogP contribution in [0.2, 0.25) is 0 Å². The molecule has 0 spiro atoms. The van der Waals surface area contributed by atoms with Gasteiger partial charge in [0.05, 0.1) is 11.6 Å². The summed E-state index contributed by atoms with van der Waals surface area (Å²) in [5.41, 5.74) is 2.20. The van der Waals surface area contributed by atoms with Gasteiger partial charge in [0, 0.05) is 0 Å². The van der Waals surface area contributed by atoms with Crippen molar-refractivity contribution in [3.63, 3.8) is 0 Å². The zero-order chi connectivity index (χ0) is 15.4. The van der Waals surface area contributed by atoms with Crippen molar-refractivity contribution in [2.75, 3.05) is 0 Å². The van der Waals surface area contributed by atoms with Crippen molar-refractivity contribution in [1.82, 2.24) is 0 Å². The highest BCUT2D eigenvalue weighted by Gasteiger charge is 2.31. The number of nitrogens with zero attached hydrogens (tertiary/aromatic N) is 1. The highest BCUT2D eigenvalue weighted by atomic mass is 14.4. The Hall–Kier alpha value is -1.29. The highest BCUT2D eigenvalue weighted by Crippen LogP contribution is 2.44. The fourth-order valence-corrected chi connectivity index (χ4v) is 4.92. The van der Waals surface area contributed by atoms with E-state index in [0.29, 0.717) is 5.92 Å². The maximum absolute atomic E-state index is 9.30. The predicted octanol–water partition coefficient (Wildman–Crippen LogP) is 6.05. The van der Waals surface area contributed by atoms with Crippen molar-refractivity contribution < 1.29 is 0 Å². The second-order valence-electron chi connectivity index (χ2n) is 7.50. The number of nitriles is 1. The van der Waals surface area contributed by atoms with Crippen molar-refractivity contribution in [3.05, 3.63) is 35.4 Å². The molecule has 0 amide bonds. The van der Waals surface area contributed by atoms with Crippen LogP contribution in [0.3, 0.4) is 0 Å². The summed E-state index contributed by atoms with van der Waals surface area (Å²) >= 11 is 0. The molecule has 2 aliphatic carbocycles. The minimum absolute atomic E-state index is 0.624. The van der Waals surface area contributed by atoms with Gasteiger partial charge in [-0.3, -0.25) is 0 Å². The highest BCUT2D eigenvalue weighted by molar-refractivity contribution is 5.39. The quantitative estimate of drug-likeness (QED) is 0.666. The van der Waals surface area contributed by atoms with Crippen molar-refractivity contribution >= 4 is 0 Å². The molecule has 0 bridgehead atoms. The van der Waals surface area contributed by atoms with E-state index in [9.17, 15) is 5.26 Å². The molecule has 2 aliphatic rings. The van der Waals surface area contributed by atoms with Crippen LogP contribution in [0.1, 0.15) is 81.8 Å². The van der Waals surface area contributed by atoms with Gasteiger partial charge in [-0.15, -0.1) is 0 Å². The number of benzene rings is 1. The maximum atomic E-state index is 9.30. The lowest BCUT2D eigenvalue weighted by molar-refractivity contribution is 0.158. The Bertz CT molecular complexity index is 511. The van der Waals surface area contributed by atoms with Crippen LogP contribution in [-0.2, 0) is 0 Å². The number of hydrogen-bond acceptors (Lipinski definition) is 1. The molecule has 2 saturated carbocycles. The second-order valence-corrected chi connectivity index (χ2v) is 7.50. The second kappa shape index (κ2) is 7.32. The molecule has 2 fully saturated rings. The SMILES string of the molecule is CCC1CCC(C2CCC(c3ccccc3C#N)CC2)CC1. The molecule has 3 rings (SSSR count). The third-order valence-electron chi connectivity index (χ3n) is 6.43. The van der Waals surface area contributed by atoms with Gasteiger partial charge < -0.3 is 0 Å². The van der Waals surface area contributed by atoms with Crippen molar-refractivity contribution in [3.8, 4) is 6.07 Å². The van der Waals surface area contributed by atoms with Gasteiger partial charge in [-0.1, -0.05) is 44.4 Å². The van der Waals surface area contributed by atoms with Crippen molar-refractivity contribution in [2.24, 2.45) is 17.8 Å². The molecule has 1 aromatic rings. The predicted molar refractivity (Wildman–Crippen MR) is 91.6 cm³/mol. The molecular formula is C21H29N. The summed E-state index contributed by atoms with van der Waals surface area (Å²) < 4.78 is 0. The van der Waals surface area contributed by atoms with E-state index in [1.165, 1.54) is 63.4 Å².